The summed E-state index contributed by atoms with van der Waals surface area (Å²) in [5.41, 5.74) is 1.32. The Kier molecular flexibility index (Phi) is 9.84. The molecule has 1 fully saturated rings. The zero-order valence-corrected chi connectivity index (χ0v) is 17.8. The van der Waals surface area contributed by atoms with Crippen LogP contribution in [0.5, 0.6) is 0 Å². The molecule has 160 valence electrons. The molecule has 1 aliphatic rings. The van der Waals surface area contributed by atoms with Gasteiger partial charge in [0, 0.05) is 37.3 Å². The van der Waals surface area contributed by atoms with Crippen LogP contribution in [-0.2, 0) is 9.59 Å². The van der Waals surface area contributed by atoms with E-state index in [9.17, 15) is 14.4 Å². The molecule has 0 radical (unpaired) electrons. The molecule has 1 atom stereocenters. The minimum absolute atomic E-state index is 0.00697. The molecule has 6 nitrogen and oxygen atoms in total. The Balaban J connectivity index is 1.69. The molecule has 6 heteroatoms. The summed E-state index contributed by atoms with van der Waals surface area (Å²) >= 11 is 0. The van der Waals surface area contributed by atoms with E-state index in [1.165, 1.54) is 26.2 Å². The number of anilines is 1. The second-order valence-corrected chi connectivity index (χ2v) is 7.92. The van der Waals surface area contributed by atoms with Gasteiger partial charge in [0.25, 0.3) is 0 Å². The molecular weight excluding hydrogens is 366 g/mol. The average Bonchev–Trinajstić information content (AvgIpc) is 2.72. The topological polar surface area (TPSA) is 78.5 Å². The van der Waals surface area contributed by atoms with Crippen molar-refractivity contribution in [3.8, 4) is 0 Å². The molecule has 1 saturated heterocycles. The number of rotatable bonds is 11. The first-order chi connectivity index (χ1) is 14.0. The molecule has 0 saturated carbocycles. The number of ketones is 1. The summed E-state index contributed by atoms with van der Waals surface area (Å²) in [6.45, 7) is 6.77. The third kappa shape index (κ3) is 8.36. The van der Waals surface area contributed by atoms with E-state index in [1.54, 1.807) is 24.3 Å². The van der Waals surface area contributed by atoms with Gasteiger partial charge < -0.3 is 15.5 Å². The van der Waals surface area contributed by atoms with Crippen molar-refractivity contribution < 1.29 is 14.4 Å². The normalized spacial score (nSPS) is 17.0. The van der Waals surface area contributed by atoms with Gasteiger partial charge in [-0.1, -0.05) is 26.2 Å². The minimum Gasteiger partial charge on any atom is -0.356 e. The van der Waals surface area contributed by atoms with E-state index in [4.69, 9.17) is 0 Å². The van der Waals surface area contributed by atoms with Crippen LogP contribution in [-0.4, -0.2) is 48.7 Å². The summed E-state index contributed by atoms with van der Waals surface area (Å²) in [4.78, 5) is 38.1. The first-order valence-electron chi connectivity index (χ1n) is 10.9. The number of hydrogen-bond acceptors (Lipinski definition) is 4. The number of benzene rings is 1. The Morgan fingerprint density at radius 1 is 1.10 bits per heavy atom. The summed E-state index contributed by atoms with van der Waals surface area (Å²) in [5, 5.41) is 5.94. The van der Waals surface area contributed by atoms with Gasteiger partial charge in [-0.25, -0.2) is 0 Å². The molecule has 29 heavy (non-hydrogen) atoms. The summed E-state index contributed by atoms with van der Waals surface area (Å²) in [6.07, 6.45) is 6.93. The van der Waals surface area contributed by atoms with Crippen LogP contribution in [0.1, 0.15) is 69.2 Å². The van der Waals surface area contributed by atoms with E-state index in [0.717, 1.165) is 38.9 Å². The number of likely N-dealkylation sites (tertiary alicyclic amines) is 1. The Hall–Kier alpha value is -2.21. The van der Waals surface area contributed by atoms with Crippen molar-refractivity contribution in [2.45, 2.75) is 58.8 Å². The van der Waals surface area contributed by atoms with Gasteiger partial charge in [-0.05, 0) is 57.0 Å². The predicted molar refractivity (Wildman–Crippen MR) is 116 cm³/mol. The zero-order valence-electron chi connectivity index (χ0n) is 17.8. The van der Waals surface area contributed by atoms with Crippen molar-refractivity contribution in [2.24, 2.45) is 5.92 Å². The fraction of sp³-hybridized carbons (Fsp3) is 0.609. The van der Waals surface area contributed by atoms with Crippen LogP contribution < -0.4 is 10.6 Å². The number of nitrogens with zero attached hydrogens (tertiary/aromatic N) is 1. The summed E-state index contributed by atoms with van der Waals surface area (Å²) in [6, 6.07) is 6.93. The van der Waals surface area contributed by atoms with Crippen LogP contribution in [0.2, 0.25) is 0 Å². The van der Waals surface area contributed by atoms with Gasteiger partial charge in [0.2, 0.25) is 11.8 Å². The molecule has 1 aliphatic heterocycles. The Labute approximate surface area is 174 Å². The third-order valence-corrected chi connectivity index (χ3v) is 5.44. The van der Waals surface area contributed by atoms with Crippen LogP contribution in [0.15, 0.2) is 24.3 Å². The Morgan fingerprint density at radius 3 is 2.55 bits per heavy atom. The molecule has 0 bridgehead atoms. The standard InChI is InChI=1S/C23H35N3O3/c1-3-4-5-6-14-24-23(29)20-8-7-15-26(17-20)16-13-22(28)25-21-11-9-19(10-12-21)18(2)27/h9-12,20H,3-8,13-17H2,1-2H3,(H,24,29)(H,25,28). The summed E-state index contributed by atoms with van der Waals surface area (Å²) in [7, 11) is 0. The summed E-state index contributed by atoms with van der Waals surface area (Å²) in [5.74, 6) is 0.133. The van der Waals surface area contributed by atoms with Gasteiger partial charge in [-0.3, -0.25) is 14.4 Å². The van der Waals surface area contributed by atoms with Crippen LogP contribution in [0, 0.1) is 5.92 Å². The van der Waals surface area contributed by atoms with Gasteiger partial charge in [0.1, 0.15) is 0 Å². The summed E-state index contributed by atoms with van der Waals surface area (Å²) < 4.78 is 0. The predicted octanol–water partition coefficient (Wildman–Crippen LogP) is 3.63. The lowest BCUT2D eigenvalue weighted by molar-refractivity contribution is -0.126. The number of nitrogens with one attached hydrogen (secondary N) is 2. The molecule has 1 unspecified atom stereocenters. The van der Waals surface area contributed by atoms with E-state index in [1.807, 2.05) is 0 Å². The second kappa shape index (κ2) is 12.4. The maximum atomic E-state index is 12.4. The first kappa shape index (κ1) is 23.1. The number of carbonyl (C=O) groups excluding carboxylic acids is 3. The molecule has 1 heterocycles. The number of amides is 2. The fourth-order valence-corrected chi connectivity index (χ4v) is 3.65. The number of Topliss-reactive ketones (excluding diaryl/α,β-unsaturated/α-hetero) is 1. The minimum atomic E-state index is -0.0527. The van der Waals surface area contributed by atoms with Crippen molar-refractivity contribution >= 4 is 23.3 Å². The molecule has 2 rings (SSSR count). The largest absolute Gasteiger partial charge is 0.356 e. The van der Waals surface area contributed by atoms with Crippen molar-refractivity contribution in [3.63, 3.8) is 0 Å². The number of piperidine rings is 1. The van der Waals surface area contributed by atoms with Gasteiger partial charge >= 0.3 is 0 Å². The van der Waals surface area contributed by atoms with Crippen LogP contribution in [0.4, 0.5) is 5.69 Å². The van der Waals surface area contributed by atoms with Gasteiger partial charge in [-0.15, -0.1) is 0 Å². The van der Waals surface area contributed by atoms with Crippen LogP contribution >= 0.6 is 0 Å². The molecular formula is C23H35N3O3. The van der Waals surface area contributed by atoms with E-state index in [-0.39, 0.29) is 23.5 Å². The number of carbonyl (C=O) groups is 3. The van der Waals surface area contributed by atoms with Gasteiger partial charge in [-0.2, -0.15) is 0 Å². The quantitative estimate of drug-likeness (QED) is 0.438. The first-order valence-corrected chi connectivity index (χ1v) is 10.9. The highest BCUT2D eigenvalue weighted by Crippen LogP contribution is 2.17. The van der Waals surface area contributed by atoms with Gasteiger partial charge in [0.15, 0.2) is 5.78 Å². The van der Waals surface area contributed by atoms with Crippen LogP contribution in [0.25, 0.3) is 0 Å². The van der Waals surface area contributed by atoms with Crippen LogP contribution in [0.3, 0.4) is 0 Å². The maximum absolute atomic E-state index is 12.4. The molecule has 2 N–H and O–H groups in total. The molecule has 2 amide bonds. The zero-order chi connectivity index (χ0) is 21.1. The van der Waals surface area contributed by atoms with E-state index in [2.05, 4.69) is 22.5 Å². The SMILES string of the molecule is CCCCCCNC(=O)C1CCCN(CCC(=O)Nc2ccc(C(C)=O)cc2)C1. The molecule has 0 aromatic heterocycles. The smallest absolute Gasteiger partial charge is 0.225 e. The Bertz CT molecular complexity index is 672. The highest BCUT2D eigenvalue weighted by molar-refractivity contribution is 5.95. The highest BCUT2D eigenvalue weighted by Gasteiger charge is 2.25. The van der Waals surface area contributed by atoms with E-state index >= 15 is 0 Å². The lowest BCUT2D eigenvalue weighted by Gasteiger charge is -2.31. The highest BCUT2D eigenvalue weighted by atomic mass is 16.2. The third-order valence-electron chi connectivity index (χ3n) is 5.44. The second-order valence-electron chi connectivity index (χ2n) is 7.92. The van der Waals surface area contributed by atoms with Gasteiger partial charge in [0.05, 0.1) is 5.92 Å². The van der Waals surface area contributed by atoms with Crippen molar-refractivity contribution in [2.75, 3.05) is 31.5 Å². The van der Waals surface area contributed by atoms with Crippen molar-refractivity contribution in [3.05, 3.63) is 29.8 Å². The monoisotopic (exact) mass is 401 g/mol. The van der Waals surface area contributed by atoms with Crippen molar-refractivity contribution in [1.82, 2.24) is 10.2 Å². The Morgan fingerprint density at radius 2 is 1.86 bits per heavy atom. The molecule has 1 aromatic carbocycles. The molecule has 1 aromatic rings. The number of hydrogen-bond donors (Lipinski definition) is 2. The van der Waals surface area contributed by atoms with Crippen molar-refractivity contribution in [1.29, 1.82) is 0 Å². The van der Waals surface area contributed by atoms with E-state index < -0.39 is 0 Å². The van der Waals surface area contributed by atoms with E-state index in [0.29, 0.717) is 24.2 Å². The average molecular weight is 402 g/mol. The maximum Gasteiger partial charge on any atom is 0.225 e. The molecule has 0 aliphatic carbocycles. The molecule has 0 spiro atoms. The fourth-order valence-electron chi connectivity index (χ4n) is 3.65. The lowest BCUT2D eigenvalue weighted by atomic mass is 9.97. The lowest BCUT2D eigenvalue weighted by Crippen LogP contribution is -2.44. The number of unbranched alkanes of at least 4 members (excludes halogenated alkanes) is 3.